The topological polar surface area (TPSA) is 222 Å². The van der Waals surface area contributed by atoms with Crippen molar-refractivity contribution in [2.24, 2.45) is 11.8 Å². The predicted molar refractivity (Wildman–Crippen MR) is 206 cm³/mol. The van der Waals surface area contributed by atoms with E-state index in [-0.39, 0.29) is 48.0 Å². The fraction of sp³-hybridized carbons (Fsp3) is 0.462. The number of rotatable bonds is 15. The van der Waals surface area contributed by atoms with Gasteiger partial charge in [0.1, 0.15) is 23.4 Å². The van der Waals surface area contributed by atoms with Gasteiger partial charge in [0.2, 0.25) is 23.6 Å². The lowest BCUT2D eigenvalue weighted by molar-refractivity contribution is -0.137. The number of nitrogens with one attached hydrogen (secondary N) is 6. The predicted octanol–water partition coefficient (Wildman–Crippen LogP) is 5.08. The Hall–Kier alpha value is -6.09. The molecular formula is C39H47F4N9O8. The maximum atomic E-state index is 14.9. The van der Waals surface area contributed by atoms with E-state index in [0.29, 0.717) is 29.0 Å². The maximum absolute atomic E-state index is 14.9. The number of halogens is 4. The number of aromatic nitrogens is 3. The molecule has 2 unspecified atom stereocenters. The molecule has 324 valence electrons. The molecule has 1 aliphatic carbocycles. The molecule has 0 saturated carbocycles. The summed E-state index contributed by atoms with van der Waals surface area (Å²) < 4.78 is 62.7. The van der Waals surface area contributed by atoms with Crippen LogP contribution in [0.15, 0.2) is 46.9 Å². The summed E-state index contributed by atoms with van der Waals surface area (Å²) >= 11 is 0. The van der Waals surface area contributed by atoms with E-state index >= 15 is 0 Å². The largest absolute Gasteiger partial charge is 0.418 e. The van der Waals surface area contributed by atoms with Crippen LogP contribution in [0.2, 0.25) is 0 Å². The van der Waals surface area contributed by atoms with Crippen LogP contribution in [0.3, 0.4) is 0 Å². The van der Waals surface area contributed by atoms with Crippen LogP contribution >= 0.6 is 0 Å². The van der Waals surface area contributed by atoms with Crippen LogP contribution in [0.5, 0.6) is 0 Å². The summed E-state index contributed by atoms with van der Waals surface area (Å²) in [5.41, 5.74) is 1.91. The highest BCUT2D eigenvalue weighted by molar-refractivity contribution is 6.11. The van der Waals surface area contributed by atoms with E-state index in [1.165, 1.54) is 30.3 Å². The number of aryl methyl sites for hydroxylation is 1. The zero-order chi connectivity index (χ0) is 43.9. The number of para-hydroxylation sites is 1. The molecule has 60 heavy (non-hydrogen) atoms. The fourth-order valence-corrected chi connectivity index (χ4v) is 7.06. The zero-order valence-electron chi connectivity index (χ0n) is 33.7. The molecule has 21 heteroatoms. The summed E-state index contributed by atoms with van der Waals surface area (Å²) in [7, 11) is 2.24. The van der Waals surface area contributed by atoms with Gasteiger partial charge in [-0.2, -0.15) is 18.1 Å². The van der Waals surface area contributed by atoms with Crippen LogP contribution in [0.1, 0.15) is 81.3 Å². The number of anilines is 1. The molecule has 0 fully saturated rings. The van der Waals surface area contributed by atoms with E-state index in [0.717, 1.165) is 20.3 Å². The average Bonchev–Trinajstić information content (AvgIpc) is 3.83. The Kier molecular flexibility index (Phi) is 14.2. The van der Waals surface area contributed by atoms with E-state index in [4.69, 9.17) is 4.42 Å². The molecule has 0 bridgehead atoms. The smallest absolute Gasteiger partial charge is 0.405 e. The number of carbonyl (C=O) groups excluding carboxylic acids is 5. The summed E-state index contributed by atoms with van der Waals surface area (Å²) in [6.45, 7) is 7.06. The van der Waals surface area contributed by atoms with Crippen molar-refractivity contribution in [3.63, 3.8) is 0 Å². The minimum absolute atomic E-state index is 0.0273. The number of aromatic amines is 1. The number of carbonyl (C=O) groups is 5. The highest BCUT2D eigenvalue weighted by Gasteiger charge is 2.47. The SMILES string of the molecule is CCC(C)[C@H](NC(=O)Cc1ccccc1F)C(=O)N[C@]1(C(=O)N[C@H](c2nnc(N(C(=O)NOC)C(=O)NOC)o2)C(C)CC)CCc2[nH]c3c(C(F)(F)F)cccc3c2C1. The molecule has 0 saturated heterocycles. The van der Waals surface area contributed by atoms with E-state index in [1.807, 2.05) is 11.0 Å². The Morgan fingerprint density at radius 1 is 0.933 bits per heavy atom. The number of alkyl halides is 3. The van der Waals surface area contributed by atoms with Crippen LogP contribution in [-0.4, -0.2) is 70.8 Å². The summed E-state index contributed by atoms with van der Waals surface area (Å²) in [6.07, 6.45) is -4.61. The van der Waals surface area contributed by atoms with Gasteiger partial charge in [0, 0.05) is 17.5 Å². The lowest BCUT2D eigenvalue weighted by Gasteiger charge is -2.39. The monoisotopic (exact) mass is 845 g/mol. The second-order valence-corrected chi connectivity index (χ2v) is 14.6. The maximum Gasteiger partial charge on any atom is 0.418 e. The van der Waals surface area contributed by atoms with Crippen LogP contribution in [0.4, 0.5) is 33.2 Å². The van der Waals surface area contributed by atoms with E-state index in [9.17, 15) is 41.5 Å². The summed E-state index contributed by atoms with van der Waals surface area (Å²) in [5, 5.41) is 16.5. The van der Waals surface area contributed by atoms with Gasteiger partial charge in [-0.15, -0.1) is 5.10 Å². The van der Waals surface area contributed by atoms with Gasteiger partial charge in [0.25, 0.3) is 0 Å². The van der Waals surface area contributed by atoms with Gasteiger partial charge in [-0.1, -0.05) is 76.0 Å². The Bertz CT molecular complexity index is 2190. The van der Waals surface area contributed by atoms with Gasteiger partial charge < -0.3 is 25.4 Å². The molecule has 1 aliphatic rings. The molecule has 4 aromatic rings. The second-order valence-electron chi connectivity index (χ2n) is 14.6. The normalized spacial score (nSPS) is 17.1. The Morgan fingerprint density at radius 3 is 2.22 bits per heavy atom. The van der Waals surface area contributed by atoms with Gasteiger partial charge >= 0.3 is 24.3 Å². The van der Waals surface area contributed by atoms with Crippen molar-refractivity contribution in [2.45, 2.75) is 90.0 Å². The highest BCUT2D eigenvalue weighted by Crippen LogP contribution is 2.40. The number of nitrogens with zero attached hydrogens (tertiary/aromatic N) is 3. The first kappa shape index (κ1) is 45.0. The van der Waals surface area contributed by atoms with Gasteiger partial charge in [-0.3, -0.25) is 24.1 Å². The lowest BCUT2D eigenvalue weighted by Crippen LogP contribution is -2.65. The van der Waals surface area contributed by atoms with Crippen molar-refractivity contribution >= 4 is 46.7 Å². The molecule has 0 spiro atoms. The first-order chi connectivity index (χ1) is 28.5. The van der Waals surface area contributed by atoms with Crippen molar-refractivity contribution in [2.75, 3.05) is 19.1 Å². The first-order valence-corrected chi connectivity index (χ1v) is 19.1. The number of amides is 7. The average molecular weight is 846 g/mol. The Balaban J connectivity index is 1.55. The Morgan fingerprint density at radius 2 is 1.60 bits per heavy atom. The second kappa shape index (κ2) is 18.9. The quantitative estimate of drug-likeness (QED) is 0.0688. The summed E-state index contributed by atoms with van der Waals surface area (Å²) in [4.78, 5) is 80.7. The first-order valence-electron chi connectivity index (χ1n) is 19.1. The molecule has 6 N–H and O–H groups in total. The number of urea groups is 2. The molecule has 0 radical (unpaired) electrons. The molecule has 5 atom stereocenters. The van der Waals surface area contributed by atoms with Gasteiger partial charge in [-0.25, -0.2) is 24.9 Å². The number of hydrogen-bond acceptors (Lipinski definition) is 10. The highest BCUT2D eigenvalue weighted by atomic mass is 19.4. The van der Waals surface area contributed by atoms with E-state index in [2.05, 4.69) is 40.8 Å². The third kappa shape index (κ3) is 9.68. The van der Waals surface area contributed by atoms with Crippen LogP contribution in [0, 0.1) is 17.7 Å². The third-order valence-electron chi connectivity index (χ3n) is 10.7. The molecule has 0 aliphatic heterocycles. The summed E-state index contributed by atoms with van der Waals surface area (Å²) in [5.74, 6) is -4.00. The molecule has 2 heterocycles. The summed E-state index contributed by atoms with van der Waals surface area (Å²) in [6, 6.07) is 4.15. The molecule has 7 amide bonds. The molecule has 17 nitrogen and oxygen atoms in total. The van der Waals surface area contributed by atoms with E-state index < -0.39 is 82.8 Å². The van der Waals surface area contributed by atoms with Crippen LogP contribution in [0.25, 0.3) is 10.9 Å². The zero-order valence-corrected chi connectivity index (χ0v) is 33.7. The van der Waals surface area contributed by atoms with Gasteiger partial charge in [-0.05, 0) is 47.9 Å². The Labute approximate surface area is 341 Å². The number of fused-ring (bicyclic) bond motifs is 3. The lowest BCUT2D eigenvalue weighted by atomic mass is 9.78. The molecule has 2 aromatic heterocycles. The number of benzene rings is 2. The van der Waals surface area contributed by atoms with Gasteiger partial charge in [0.05, 0.1) is 31.7 Å². The standard InChI is InChI=1S/C39H47F4N9O8/c1-7-20(3)29(45-28(53)18-22-12-9-10-15-26(22)40)32(54)47-38(17-16-27-24(19-38)23-13-11-14-25(31(23)44-27)39(41,42)43)34(55)46-30(21(4)8-2)33-48-49-37(60-33)52(35(56)50-58-5)36(57)51-59-6/h9-15,20-21,29-30,44H,7-8,16-19H2,1-6H3,(H,45,53)(H,46,55)(H,47,54)(H,50,56)(H,51,57)/t20?,21?,29-,30-,38+/m0/s1. The van der Waals surface area contributed by atoms with Crippen LogP contribution < -0.4 is 31.8 Å². The van der Waals surface area contributed by atoms with Crippen molar-refractivity contribution in [3.05, 3.63) is 76.6 Å². The van der Waals surface area contributed by atoms with Gasteiger partial charge in [0.15, 0.2) is 0 Å². The van der Waals surface area contributed by atoms with E-state index in [1.54, 1.807) is 33.8 Å². The number of hydrogen-bond donors (Lipinski definition) is 6. The van der Waals surface area contributed by atoms with Crippen LogP contribution in [-0.2, 0) is 49.5 Å². The third-order valence-corrected chi connectivity index (χ3v) is 10.7. The van der Waals surface area contributed by atoms with Crippen molar-refractivity contribution in [1.29, 1.82) is 0 Å². The molecular weight excluding hydrogens is 798 g/mol. The minimum atomic E-state index is -4.70. The number of imide groups is 1. The minimum Gasteiger partial charge on any atom is -0.405 e. The molecule has 2 aromatic carbocycles. The molecule has 5 rings (SSSR count). The van der Waals surface area contributed by atoms with Crippen molar-refractivity contribution in [1.82, 2.24) is 42.1 Å². The fourth-order valence-electron chi connectivity index (χ4n) is 7.06. The van der Waals surface area contributed by atoms with Crippen molar-refractivity contribution in [3.8, 4) is 0 Å². The number of hydroxylamine groups is 2. The number of H-pyrrole nitrogens is 1. The van der Waals surface area contributed by atoms with Crippen molar-refractivity contribution < 1.29 is 55.6 Å².